The van der Waals surface area contributed by atoms with Crippen LogP contribution in [-0.4, -0.2) is 28.3 Å². The maximum atomic E-state index is 14.5. The van der Waals surface area contributed by atoms with Crippen LogP contribution in [0.2, 0.25) is 0 Å². The third-order valence-corrected chi connectivity index (χ3v) is 8.85. The predicted octanol–water partition coefficient (Wildman–Crippen LogP) is 6.32. The van der Waals surface area contributed by atoms with Gasteiger partial charge in [-0.3, -0.25) is 14.2 Å². The Morgan fingerprint density at radius 3 is 2.56 bits per heavy atom. The monoisotopic (exact) mass is 537 g/mol. The third-order valence-electron chi connectivity index (χ3n) is 7.91. The maximum Gasteiger partial charge on any atom is 0.263 e. The highest BCUT2D eigenvalue weighted by atomic mass is 32.2. The Morgan fingerprint density at radius 2 is 1.82 bits per heavy atom. The zero-order chi connectivity index (χ0) is 27.0. The van der Waals surface area contributed by atoms with Crippen LogP contribution in [0.1, 0.15) is 42.4 Å². The number of aromatic nitrogens is 2. The van der Waals surface area contributed by atoms with Crippen LogP contribution in [0, 0.1) is 6.92 Å². The van der Waals surface area contributed by atoms with Crippen molar-refractivity contribution in [1.29, 1.82) is 0 Å². The second-order valence-electron chi connectivity index (χ2n) is 10.5. The van der Waals surface area contributed by atoms with Crippen LogP contribution in [0.5, 0.6) is 5.75 Å². The van der Waals surface area contributed by atoms with Gasteiger partial charge in [0.2, 0.25) is 5.91 Å². The third kappa shape index (κ3) is 4.76. The average molecular weight is 538 g/mol. The van der Waals surface area contributed by atoms with Gasteiger partial charge in [0.1, 0.15) is 5.75 Å². The standard InChI is InChI=1S/C32H31N3O3S/c1-21-8-7-10-24(18-21)35-30(37)28-29(26-11-4-3-9-22(26)19-32(28)16-5-6-17-32)34-31(35)39-20-27(36)33-23-12-14-25(38-2)15-13-23/h3-4,7-15,18H,5-6,16-17,19-20H2,1-2H3,(H,33,36). The maximum absolute atomic E-state index is 14.5. The van der Waals surface area contributed by atoms with Gasteiger partial charge >= 0.3 is 0 Å². The first-order chi connectivity index (χ1) is 19.0. The number of amides is 1. The smallest absolute Gasteiger partial charge is 0.263 e. The van der Waals surface area contributed by atoms with Crippen molar-refractivity contribution in [2.24, 2.45) is 0 Å². The Hall–Kier alpha value is -3.84. The number of nitrogens with one attached hydrogen (secondary N) is 1. The molecule has 0 radical (unpaired) electrons. The molecule has 1 aromatic heterocycles. The number of carbonyl (C=O) groups excluding carboxylic acids is 1. The summed E-state index contributed by atoms with van der Waals surface area (Å²) in [4.78, 5) is 32.6. The summed E-state index contributed by atoms with van der Waals surface area (Å²) >= 11 is 1.29. The predicted molar refractivity (Wildman–Crippen MR) is 156 cm³/mol. The number of methoxy groups -OCH3 is 1. The van der Waals surface area contributed by atoms with Crippen LogP contribution in [-0.2, 0) is 16.6 Å². The number of aryl methyl sites for hydroxylation is 1. The molecule has 6 nitrogen and oxygen atoms in total. The Morgan fingerprint density at radius 1 is 1.05 bits per heavy atom. The van der Waals surface area contributed by atoms with Crippen molar-refractivity contribution < 1.29 is 9.53 Å². The minimum absolute atomic E-state index is 0.0138. The van der Waals surface area contributed by atoms with Gasteiger partial charge in [-0.05, 0) is 73.7 Å². The van der Waals surface area contributed by atoms with E-state index < -0.39 is 0 Å². The molecular weight excluding hydrogens is 506 g/mol. The van der Waals surface area contributed by atoms with E-state index in [1.54, 1.807) is 35.9 Å². The number of fused-ring (bicyclic) bond motifs is 4. The molecule has 0 bridgehead atoms. The lowest BCUT2D eigenvalue weighted by Gasteiger charge is -2.36. The number of anilines is 1. The van der Waals surface area contributed by atoms with Crippen molar-refractivity contribution in [1.82, 2.24) is 9.55 Å². The average Bonchev–Trinajstić information content (AvgIpc) is 3.40. The van der Waals surface area contributed by atoms with E-state index in [9.17, 15) is 9.59 Å². The summed E-state index contributed by atoms with van der Waals surface area (Å²) in [7, 11) is 1.61. The van der Waals surface area contributed by atoms with Crippen molar-refractivity contribution in [3.05, 3.63) is 99.8 Å². The van der Waals surface area contributed by atoms with E-state index in [4.69, 9.17) is 9.72 Å². The van der Waals surface area contributed by atoms with Gasteiger partial charge in [-0.15, -0.1) is 0 Å². The number of carbonyl (C=O) groups is 1. The number of benzene rings is 3. The summed E-state index contributed by atoms with van der Waals surface area (Å²) in [5.41, 5.74) is 6.23. The Kier molecular flexibility index (Phi) is 6.77. The van der Waals surface area contributed by atoms with Gasteiger partial charge in [0.05, 0.1) is 29.8 Å². The molecule has 1 heterocycles. The highest BCUT2D eigenvalue weighted by Crippen LogP contribution is 2.50. The minimum Gasteiger partial charge on any atom is -0.497 e. The molecular formula is C32H31N3O3S. The lowest BCUT2D eigenvalue weighted by molar-refractivity contribution is -0.113. The summed E-state index contributed by atoms with van der Waals surface area (Å²) in [5.74, 6) is 0.680. The molecule has 0 unspecified atom stereocenters. The molecule has 4 aromatic rings. The summed E-state index contributed by atoms with van der Waals surface area (Å²) in [6.45, 7) is 2.02. The first kappa shape index (κ1) is 25.4. The van der Waals surface area contributed by atoms with Crippen LogP contribution in [0.15, 0.2) is 82.7 Å². The molecule has 1 saturated carbocycles. The van der Waals surface area contributed by atoms with Gasteiger partial charge in [0, 0.05) is 16.7 Å². The Bertz CT molecular complexity index is 1600. The molecule has 0 atom stereocenters. The molecule has 0 saturated heterocycles. The molecule has 6 rings (SSSR count). The molecule has 2 aliphatic rings. The Labute approximate surface area is 232 Å². The van der Waals surface area contributed by atoms with Crippen molar-refractivity contribution in [2.75, 3.05) is 18.2 Å². The van der Waals surface area contributed by atoms with E-state index in [0.717, 1.165) is 65.9 Å². The van der Waals surface area contributed by atoms with Gasteiger partial charge in [-0.25, -0.2) is 4.98 Å². The summed E-state index contributed by atoms with van der Waals surface area (Å²) < 4.78 is 6.93. The lowest BCUT2D eigenvalue weighted by Crippen LogP contribution is -2.40. The number of hydrogen-bond acceptors (Lipinski definition) is 5. The first-order valence-corrected chi connectivity index (χ1v) is 14.4. The van der Waals surface area contributed by atoms with E-state index in [-0.39, 0.29) is 22.6 Å². The molecule has 1 fully saturated rings. The Balaban J connectivity index is 1.43. The quantitative estimate of drug-likeness (QED) is 0.230. The number of hydrogen-bond donors (Lipinski definition) is 1. The summed E-state index contributed by atoms with van der Waals surface area (Å²) in [6, 6.07) is 23.5. The zero-order valence-corrected chi connectivity index (χ0v) is 23.0. The number of thioether (sulfide) groups is 1. The second kappa shape index (κ2) is 10.4. The molecule has 39 heavy (non-hydrogen) atoms. The molecule has 1 N–H and O–H groups in total. The number of rotatable bonds is 6. The van der Waals surface area contributed by atoms with Crippen LogP contribution < -0.4 is 15.6 Å². The highest BCUT2D eigenvalue weighted by molar-refractivity contribution is 7.99. The van der Waals surface area contributed by atoms with Crippen LogP contribution in [0.4, 0.5) is 5.69 Å². The van der Waals surface area contributed by atoms with Gasteiger partial charge in [-0.1, -0.05) is 61.0 Å². The van der Waals surface area contributed by atoms with E-state index >= 15 is 0 Å². The fraction of sp³-hybridized carbons (Fsp3) is 0.281. The largest absolute Gasteiger partial charge is 0.497 e. The first-order valence-electron chi connectivity index (χ1n) is 13.4. The highest BCUT2D eigenvalue weighted by Gasteiger charge is 2.44. The summed E-state index contributed by atoms with van der Waals surface area (Å²) in [5, 5.41) is 3.46. The zero-order valence-electron chi connectivity index (χ0n) is 22.2. The molecule has 3 aromatic carbocycles. The molecule has 1 spiro atoms. The topological polar surface area (TPSA) is 73.2 Å². The van der Waals surface area contributed by atoms with Crippen LogP contribution >= 0.6 is 11.8 Å². The van der Waals surface area contributed by atoms with E-state index in [1.807, 2.05) is 37.3 Å². The summed E-state index contributed by atoms with van der Waals surface area (Å²) in [6.07, 6.45) is 5.10. The van der Waals surface area contributed by atoms with Gasteiger partial charge < -0.3 is 10.1 Å². The van der Waals surface area contributed by atoms with E-state index in [1.165, 1.54) is 17.3 Å². The van der Waals surface area contributed by atoms with Crippen molar-refractivity contribution >= 4 is 23.4 Å². The van der Waals surface area contributed by atoms with Crippen LogP contribution in [0.25, 0.3) is 16.9 Å². The van der Waals surface area contributed by atoms with Gasteiger partial charge in [0.25, 0.3) is 5.56 Å². The molecule has 1 amide bonds. The molecule has 0 aliphatic heterocycles. The minimum atomic E-state index is -0.186. The van der Waals surface area contributed by atoms with E-state index in [2.05, 4.69) is 23.5 Å². The molecule has 2 aliphatic carbocycles. The normalized spacial score (nSPS) is 15.0. The van der Waals surface area contributed by atoms with E-state index in [0.29, 0.717) is 10.8 Å². The fourth-order valence-electron chi connectivity index (χ4n) is 6.10. The van der Waals surface area contributed by atoms with Crippen LogP contribution in [0.3, 0.4) is 0 Å². The lowest BCUT2D eigenvalue weighted by atomic mass is 9.68. The van der Waals surface area contributed by atoms with Crippen molar-refractivity contribution in [2.45, 2.75) is 49.6 Å². The van der Waals surface area contributed by atoms with Crippen molar-refractivity contribution in [3.63, 3.8) is 0 Å². The molecule has 198 valence electrons. The van der Waals surface area contributed by atoms with Crippen molar-refractivity contribution in [3.8, 4) is 22.7 Å². The fourth-order valence-corrected chi connectivity index (χ4v) is 6.91. The van der Waals surface area contributed by atoms with Gasteiger partial charge in [0.15, 0.2) is 5.16 Å². The van der Waals surface area contributed by atoms with Gasteiger partial charge in [-0.2, -0.15) is 0 Å². The SMILES string of the molecule is COc1ccc(NC(=O)CSc2nc3c(c(=O)n2-c2cccc(C)c2)C2(CCCC2)Cc2ccccc2-3)cc1. The number of nitrogens with zero attached hydrogens (tertiary/aromatic N) is 2. The second-order valence-corrected chi connectivity index (χ2v) is 11.4. The molecule has 7 heteroatoms. The number of ether oxygens (including phenoxy) is 1.